The molecular weight excluding hydrogens is 388 g/mol. The highest BCUT2D eigenvalue weighted by atomic mass is 32.2. The van der Waals surface area contributed by atoms with E-state index in [1.54, 1.807) is 6.33 Å². The number of esters is 1. The molecule has 0 amide bonds. The number of aromatic nitrogens is 2. The summed E-state index contributed by atoms with van der Waals surface area (Å²) in [7, 11) is 0. The third-order valence-corrected chi connectivity index (χ3v) is 8.34. The summed E-state index contributed by atoms with van der Waals surface area (Å²) in [5.41, 5.74) is 1.75. The van der Waals surface area contributed by atoms with Gasteiger partial charge in [0, 0.05) is 10.3 Å². The van der Waals surface area contributed by atoms with Gasteiger partial charge in [0.25, 0.3) is 0 Å². The van der Waals surface area contributed by atoms with Crippen LogP contribution in [0.15, 0.2) is 11.4 Å². The standard InChI is InChI=1S/C22H30N2O2S2/c1-22(2,3)14-9-10-16-17(11-14)28-21-19(16)20(23-13-24-21)27-12-18(25)26-15-7-5-4-6-8-15/h13-15H,4-12H2,1-3H3/t14-/m1/s1. The molecular formula is C22H30N2O2S2. The van der Waals surface area contributed by atoms with E-state index in [0.717, 1.165) is 35.5 Å². The van der Waals surface area contributed by atoms with E-state index in [1.807, 2.05) is 11.3 Å². The number of thioether (sulfide) groups is 1. The first-order chi connectivity index (χ1) is 13.4. The molecule has 2 aliphatic carbocycles. The maximum atomic E-state index is 12.3. The summed E-state index contributed by atoms with van der Waals surface area (Å²) in [4.78, 5) is 23.9. The first-order valence-electron chi connectivity index (χ1n) is 10.5. The molecule has 2 heterocycles. The van der Waals surface area contributed by atoms with Crippen LogP contribution in [0.25, 0.3) is 10.2 Å². The molecule has 4 nitrogen and oxygen atoms in total. The molecule has 1 atom stereocenters. The Morgan fingerprint density at radius 3 is 2.75 bits per heavy atom. The van der Waals surface area contributed by atoms with Gasteiger partial charge in [0.15, 0.2) is 0 Å². The van der Waals surface area contributed by atoms with Gasteiger partial charge in [-0.25, -0.2) is 9.97 Å². The molecule has 0 aliphatic heterocycles. The van der Waals surface area contributed by atoms with Gasteiger partial charge < -0.3 is 4.74 Å². The lowest BCUT2D eigenvalue weighted by Crippen LogP contribution is -2.26. The molecule has 4 rings (SSSR count). The minimum atomic E-state index is -0.111. The highest BCUT2D eigenvalue weighted by Crippen LogP contribution is 2.44. The molecule has 28 heavy (non-hydrogen) atoms. The molecule has 1 fully saturated rings. The van der Waals surface area contributed by atoms with Crippen LogP contribution in [0, 0.1) is 11.3 Å². The SMILES string of the molecule is CC(C)(C)[C@@H]1CCc2c(sc3ncnc(SCC(=O)OC4CCCCC4)c23)C1. The molecule has 2 aromatic rings. The lowest BCUT2D eigenvalue weighted by Gasteiger charge is -2.33. The third kappa shape index (κ3) is 4.38. The van der Waals surface area contributed by atoms with Crippen LogP contribution >= 0.6 is 23.1 Å². The molecule has 0 aromatic carbocycles. The Labute approximate surface area is 175 Å². The predicted octanol–water partition coefficient (Wildman–Crippen LogP) is 5.81. The second-order valence-corrected chi connectivity index (χ2v) is 11.3. The number of carbonyl (C=O) groups is 1. The normalized spacial score (nSPS) is 20.9. The third-order valence-electron chi connectivity index (χ3n) is 6.21. The monoisotopic (exact) mass is 418 g/mol. The summed E-state index contributed by atoms with van der Waals surface area (Å²) in [5, 5.41) is 2.13. The van der Waals surface area contributed by atoms with Crippen molar-refractivity contribution in [2.45, 2.75) is 83.3 Å². The summed E-state index contributed by atoms with van der Waals surface area (Å²) in [5.74, 6) is 0.931. The van der Waals surface area contributed by atoms with Crippen LogP contribution in [0.3, 0.4) is 0 Å². The number of carbonyl (C=O) groups excluding carboxylic acids is 1. The zero-order valence-electron chi connectivity index (χ0n) is 17.1. The van der Waals surface area contributed by atoms with E-state index in [2.05, 4.69) is 30.7 Å². The Balaban J connectivity index is 1.48. The van der Waals surface area contributed by atoms with E-state index in [-0.39, 0.29) is 12.1 Å². The molecule has 0 N–H and O–H groups in total. The molecule has 0 unspecified atom stereocenters. The van der Waals surface area contributed by atoms with Crippen molar-refractivity contribution in [1.82, 2.24) is 9.97 Å². The fourth-order valence-electron chi connectivity index (χ4n) is 4.46. The number of ether oxygens (including phenoxy) is 1. The van der Waals surface area contributed by atoms with Crippen LogP contribution in [-0.2, 0) is 22.4 Å². The van der Waals surface area contributed by atoms with Crippen LogP contribution in [0.5, 0.6) is 0 Å². The first-order valence-corrected chi connectivity index (χ1v) is 12.3. The lowest BCUT2D eigenvalue weighted by molar-refractivity contribution is -0.147. The van der Waals surface area contributed by atoms with Gasteiger partial charge in [0.1, 0.15) is 22.3 Å². The molecule has 2 aliphatic rings. The Morgan fingerprint density at radius 2 is 2.00 bits per heavy atom. The Morgan fingerprint density at radius 1 is 1.21 bits per heavy atom. The Hall–Kier alpha value is -1.14. The summed E-state index contributed by atoms with van der Waals surface area (Å²) in [6.45, 7) is 7.03. The maximum absolute atomic E-state index is 12.3. The quantitative estimate of drug-likeness (QED) is 0.356. The number of rotatable bonds is 4. The van der Waals surface area contributed by atoms with Crippen molar-refractivity contribution in [3.05, 3.63) is 16.8 Å². The van der Waals surface area contributed by atoms with Crippen LogP contribution in [-0.4, -0.2) is 27.8 Å². The van der Waals surface area contributed by atoms with Crippen molar-refractivity contribution in [3.8, 4) is 0 Å². The van der Waals surface area contributed by atoms with E-state index >= 15 is 0 Å². The van der Waals surface area contributed by atoms with E-state index in [9.17, 15) is 4.79 Å². The van der Waals surface area contributed by atoms with E-state index in [1.165, 1.54) is 53.3 Å². The molecule has 0 saturated heterocycles. The molecule has 152 valence electrons. The van der Waals surface area contributed by atoms with Gasteiger partial charge in [-0.3, -0.25) is 4.79 Å². The minimum Gasteiger partial charge on any atom is -0.462 e. The number of thiophene rings is 1. The molecule has 0 spiro atoms. The number of fused-ring (bicyclic) bond motifs is 3. The van der Waals surface area contributed by atoms with Gasteiger partial charge in [-0.2, -0.15) is 0 Å². The average Bonchev–Trinajstić information content (AvgIpc) is 3.05. The number of aryl methyl sites for hydroxylation is 1. The summed E-state index contributed by atoms with van der Waals surface area (Å²) in [6.07, 6.45) is 10.8. The van der Waals surface area contributed by atoms with Crippen LogP contribution in [0.2, 0.25) is 0 Å². The van der Waals surface area contributed by atoms with E-state index < -0.39 is 0 Å². The molecule has 2 aromatic heterocycles. The van der Waals surface area contributed by atoms with Crippen molar-refractivity contribution in [2.75, 3.05) is 5.75 Å². The van der Waals surface area contributed by atoms with E-state index in [0.29, 0.717) is 17.1 Å². The van der Waals surface area contributed by atoms with Gasteiger partial charge in [-0.05, 0) is 61.8 Å². The number of hydrogen-bond donors (Lipinski definition) is 0. The fraction of sp³-hybridized carbons (Fsp3) is 0.682. The minimum absolute atomic E-state index is 0.111. The van der Waals surface area contributed by atoms with Gasteiger partial charge in [-0.15, -0.1) is 11.3 Å². The van der Waals surface area contributed by atoms with Gasteiger partial charge >= 0.3 is 5.97 Å². The molecule has 0 bridgehead atoms. The summed E-state index contributed by atoms with van der Waals surface area (Å²) in [6, 6.07) is 0. The highest BCUT2D eigenvalue weighted by Gasteiger charge is 2.31. The second-order valence-electron chi connectivity index (χ2n) is 9.21. The van der Waals surface area contributed by atoms with Crippen molar-refractivity contribution in [2.24, 2.45) is 11.3 Å². The van der Waals surface area contributed by atoms with E-state index in [4.69, 9.17) is 4.74 Å². The van der Waals surface area contributed by atoms with Gasteiger partial charge in [0.2, 0.25) is 0 Å². The smallest absolute Gasteiger partial charge is 0.316 e. The Bertz CT molecular complexity index is 850. The predicted molar refractivity (Wildman–Crippen MR) is 116 cm³/mol. The molecule has 6 heteroatoms. The molecule has 0 radical (unpaired) electrons. The van der Waals surface area contributed by atoms with Gasteiger partial charge in [0.05, 0.1) is 5.75 Å². The first kappa shape index (κ1) is 20.1. The van der Waals surface area contributed by atoms with Crippen LogP contribution in [0.1, 0.15) is 69.7 Å². The zero-order chi connectivity index (χ0) is 19.7. The maximum Gasteiger partial charge on any atom is 0.316 e. The summed E-state index contributed by atoms with van der Waals surface area (Å²) >= 11 is 3.33. The topological polar surface area (TPSA) is 52.1 Å². The fourth-order valence-corrected chi connectivity index (χ4v) is 6.60. The van der Waals surface area contributed by atoms with Crippen molar-refractivity contribution in [3.63, 3.8) is 0 Å². The van der Waals surface area contributed by atoms with Crippen molar-refractivity contribution < 1.29 is 9.53 Å². The number of hydrogen-bond acceptors (Lipinski definition) is 6. The highest BCUT2D eigenvalue weighted by molar-refractivity contribution is 8.00. The van der Waals surface area contributed by atoms with Crippen molar-refractivity contribution in [1.29, 1.82) is 0 Å². The summed E-state index contributed by atoms with van der Waals surface area (Å²) < 4.78 is 5.67. The lowest BCUT2D eigenvalue weighted by atomic mass is 9.72. The molecule has 1 saturated carbocycles. The largest absolute Gasteiger partial charge is 0.462 e. The van der Waals surface area contributed by atoms with Crippen LogP contribution in [0.4, 0.5) is 0 Å². The zero-order valence-corrected chi connectivity index (χ0v) is 18.8. The number of nitrogens with zero attached hydrogens (tertiary/aromatic N) is 2. The average molecular weight is 419 g/mol. The van der Waals surface area contributed by atoms with Gasteiger partial charge in [-0.1, -0.05) is 39.0 Å². The second kappa shape index (κ2) is 8.31. The Kier molecular flexibility index (Phi) is 5.98. The van der Waals surface area contributed by atoms with Crippen molar-refractivity contribution >= 4 is 39.3 Å². The van der Waals surface area contributed by atoms with Crippen LogP contribution < -0.4 is 0 Å².